The summed E-state index contributed by atoms with van der Waals surface area (Å²) in [7, 11) is 0.764. The van der Waals surface area contributed by atoms with Crippen LogP contribution in [0.5, 0.6) is 0 Å². The molecule has 6 rings (SSSR count). The summed E-state index contributed by atoms with van der Waals surface area (Å²) in [6.07, 6.45) is 0.782. The Morgan fingerprint density at radius 2 is 1.07 bits per heavy atom. The monoisotopic (exact) mass is 759 g/mol. The van der Waals surface area contributed by atoms with Gasteiger partial charge in [0.25, 0.3) is 0 Å². The van der Waals surface area contributed by atoms with Crippen molar-refractivity contribution in [1.82, 2.24) is 0 Å². The van der Waals surface area contributed by atoms with Crippen molar-refractivity contribution >= 4 is 55.7 Å². The van der Waals surface area contributed by atoms with Crippen molar-refractivity contribution in [3.05, 3.63) is 150 Å². The number of hydrogen-bond acceptors (Lipinski definition) is 3. The number of benzene rings is 5. The Morgan fingerprint density at radius 3 is 1.48 bits per heavy atom. The summed E-state index contributed by atoms with van der Waals surface area (Å²) in [6, 6.07) is 46.1. The first-order chi connectivity index (χ1) is 22.6. The molecule has 6 heteroatoms. The molecule has 46 heavy (non-hydrogen) atoms. The molecule has 1 aliphatic rings. The maximum Gasteiger partial charge on any atom is 0.154 e. The zero-order chi connectivity index (χ0) is 32.1. The van der Waals surface area contributed by atoms with Gasteiger partial charge in [-0.1, -0.05) is 123 Å². The van der Waals surface area contributed by atoms with Gasteiger partial charge in [-0.2, -0.15) is 0 Å². The van der Waals surface area contributed by atoms with Crippen LogP contribution in [-0.4, -0.2) is 33.2 Å². The molecule has 3 nitrogen and oxygen atoms in total. The Labute approximate surface area is 292 Å². The SMILES string of the molecule is COC(C)OCCOCCC1c2cc(CBr)ccc2-c2ccc(CBr)cc21.c1ccc([PH+](c2ccccc2)c2ccccc2)cc1. The first-order valence-electron chi connectivity index (χ1n) is 15.8. The van der Waals surface area contributed by atoms with E-state index < -0.39 is 7.92 Å². The summed E-state index contributed by atoms with van der Waals surface area (Å²) in [6.45, 7) is 3.73. The number of alkyl halides is 2. The van der Waals surface area contributed by atoms with E-state index in [1.165, 1.54) is 49.3 Å². The molecular weight excluding hydrogens is 719 g/mol. The normalized spacial score (nSPS) is 12.7. The fraction of sp³-hybridized carbons (Fsp3) is 0.250. The minimum absolute atomic E-state index is 0.187. The van der Waals surface area contributed by atoms with E-state index in [1.807, 2.05) is 6.92 Å². The minimum atomic E-state index is -0.877. The fourth-order valence-corrected chi connectivity index (χ4v) is 9.17. The van der Waals surface area contributed by atoms with E-state index in [4.69, 9.17) is 14.2 Å². The number of fused-ring (bicyclic) bond motifs is 3. The maximum atomic E-state index is 5.83. The van der Waals surface area contributed by atoms with Crippen molar-refractivity contribution in [1.29, 1.82) is 0 Å². The summed E-state index contributed by atoms with van der Waals surface area (Å²) >= 11 is 7.17. The highest BCUT2D eigenvalue weighted by molar-refractivity contribution is 9.08. The largest absolute Gasteiger partial charge is 0.379 e. The smallest absolute Gasteiger partial charge is 0.154 e. The molecule has 0 saturated carbocycles. The van der Waals surface area contributed by atoms with Crippen LogP contribution in [0.2, 0.25) is 0 Å². The van der Waals surface area contributed by atoms with Crippen LogP contribution in [-0.2, 0) is 24.9 Å². The van der Waals surface area contributed by atoms with Gasteiger partial charge in [0, 0.05) is 30.3 Å². The van der Waals surface area contributed by atoms with Gasteiger partial charge >= 0.3 is 0 Å². The number of ether oxygens (including phenoxy) is 3. The maximum absolute atomic E-state index is 5.83. The van der Waals surface area contributed by atoms with Crippen LogP contribution in [0.3, 0.4) is 0 Å². The van der Waals surface area contributed by atoms with Crippen molar-refractivity contribution in [3.63, 3.8) is 0 Å². The van der Waals surface area contributed by atoms with Crippen molar-refractivity contribution < 1.29 is 14.2 Å². The molecule has 1 aliphatic carbocycles. The second-order valence-electron chi connectivity index (χ2n) is 11.2. The number of rotatable bonds is 13. The Bertz CT molecular complexity index is 1490. The van der Waals surface area contributed by atoms with E-state index in [-0.39, 0.29) is 6.29 Å². The molecule has 238 valence electrons. The van der Waals surface area contributed by atoms with E-state index in [0.29, 0.717) is 25.7 Å². The van der Waals surface area contributed by atoms with Crippen molar-refractivity contribution in [2.75, 3.05) is 26.9 Å². The third-order valence-corrected chi connectivity index (χ3v) is 12.3. The molecule has 0 fully saturated rings. The molecule has 5 aromatic carbocycles. The summed E-state index contributed by atoms with van der Waals surface area (Å²) in [5, 5.41) is 6.06. The Kier molecular flexibility index (Phi) is 13.6. The van der Waals surface area contributed by atoms with Crippen LogP contribution in [0.25, 0.3) is 11.1 Å². The van der Waals surface area contributed by atoms with Crippen LogP contribution in [0, 0.1) is 0 Å². The summed E-state index contributed by atoms with van der Waals surface area (Å²) in [5.74, 6) is 0.381. The number of methoxy groups -OCH3 is 1. The zero-order valence-electron chi connectivity index (χ0n) is 26.5. The third-order valence-electron chi connectivity index (χ3n) is 8.23. The van der Waals surface area contributed by atoms with E-state index in [2.05, 4.69) is 159 Å². The van der Waals surface area contributed by atoms with Gasteiger partial charge in [-0.15, -0.1) is 0 Å². The molecule has 0 amide bonds. The first-order valence-corrected chi connectivity index (χ1v) is 19.5. The predicted molar refractivity (Wildman–Crippen MR) is 203 cm³/mol. The molecule has 0 aromatic heterocycles. The Morgan fingerprint density at radius 1 is 0.609 bits per heavy atom. The highest BCUT2D eigenvalue weighted by Gasteiger charge is 2.29. The van der Waals surface area contributed by atoms with E-state index in [0.717, 1.165) is 17.1 Å². The van der Waals surface area contributed by atoms with Gasteiger partial charge in [-0.3, -0.25) is 0 Å². The minimum Gasteiger partial charge on any atom is -0.379 e. The lowest BCUT2D eigenvalue weighted by Gasteiger charge is -2.16. The van der Waals surface area contributed by atoms with Crippen molar-refractivity contribution in [2.24, 2.45) is 0 Å². The average molecular weight is 762 g/mol. The highest BCUT2D eigenvalue weighted by atomic mass is 79.9. The zero-order valence-corrected chi connectivity index (χ0v) is 30.7. The van der Waals surface area contributed by atoms with Gasteiger partial charge in [-0.25, -0.2) is 0 Å². The molecular formula is C40H42Br2O3P+. The third kappa shape index (κ3) is 9.04. The molecule has 0 N–H and O–H groups in total. The topological polar surface area (TPSA) is 27.7 Å². The number of halogens is 2. The standard InChI is InChI=1S/C22H26Br2O3.C18H15P/c1-15(25-2)27-10-9-26-8-7-20-21-11-16(13-23)3-5-18(21)19-6-4-17(14-24)12-22(19)20;1-4-10-16(11-5-1)19(17-12-6-2-7-13-17)18-14-8-3-9-15-18/h3-6,11-12,15,20H,7-10,13-14H2,1-2H3;1-15H/p+1. The molecule has 0 heterocycles. The van der Waals surface area contributed by atoms with Crippen molar-refractivity contribution in [2.45, 2.75) is 36.2 Å². The second kappa shape index (κ2) is 18.1. The van der Waals surface area contributed by atoms with Crippen LogP contribution < -0.4 is 15.9 Å². The van der Waals surface area contributed by atoms with E-state index in [1.54, 1.807) is 7.11 Å². The van der Waals surface area contributed by atoms with Crippen LogP contribution in [0.4, 0.5) is 0 Å². The molecule has 0 spiro atoms. The molecule has 0 saturated heterocycles. The first kappa shape index (κ1) is 34.7. The lowest BCUT2D eigenvalue weighted by Crippen LogP contribution is -2.20. The second-order valence-corrected chi connectivity index (χ2v) is 14.8. The van der Waals surface area contributed by atoms with Crippen molar-refractivity contribution in [3.8, 4) is 11.1 Å². The molecule has 1 unspecified atom stereocenters. The van der Waals surface area contributed by atoms with Gasteiger partial charge in [0.05, 0.1) is 21.1 Å². The predicted octanol–water partition coefficient (Wildman–Crippen LogP) is 9.18. The Hall–Kier alpha value is -2.63. The van der Waals surface area contributed by atoms with E-state index >= 15 is 0 Å². The fourth-order valence-electron chi connectivity index (χ4n) is 5.90. The lowest BCUT2D eigenvalue weighted by molar-refractivity contribution is -0.121. The summed E-state index contributed by atoms with van der Waals surface area (Å²) < 4.78 is 16.4. The van der Waals surface area contributed by atoms with Gasteiger partial charge in [0.2, 0.25) is 0 Å². The van der Waals surface area contributed by atoms with Crippen LogP contribution in [0.1, 0.15) is 41.5 Å². The average Bonchev–Trinajstić information content (AvgIpc) is 3.43. The summed E-state index contributed by atoms with van der Waals surface area (Å²) in [4.78, 5) is 0. The van der Waals surface area contributed by atoms with Gasteiger partial charge in [0.15, 0.2) is 6.29 Å². The molecule has 0 radical (unpaired) electrons. The van der Waals surface area contributed by atoms with Crippen LogP contribution in [0.15, 0.2) is 127 Å². The molecule has 0 bridgehead atoms. The summed E-state index contributed by atoms with van der Waals surface area (Å²) in [5.41, 5.74) is 8.18. The van der Waals surface area contributed by atoms with Gasteiger partial charge in [0.1, 0.15) is 15.9 Å². The van der Waals surface area contributed by atoms with Crippen LogP contribution >= 0.6 is 39.8 Å². The molecule has 1 atom stereocenters. The van der Waals surface area contributed by atoms with Gasteiger partial charge < -0.3 is 14.2 Å². The quantitative estimate of drug-likeness (QED) is 0.0519. The number of hydrogen-bond donors (Lipinski definition) is 0. The van der Waals surface area contributed by atoms with E-state index in [9.17, 15) is 0 Å². The molecule has 0 aliphatic heterocycles. The van der Waals surface area contributed by atoms with Gasteiger partial charge in [-0.05, 0) is 83.1 Å². The highest BCUT2D eigenvalue weighted by Crippen LogP contribution is 2.47. The molecule has 5 aromatic rings. The lowest BCUT2D eigenvalue weighted by atomic mass is 9.92. The Balaban J connectivity index is 0.000000192.